The molecule has 0 saturated heterocycles. The second-order valence-corrected chi connectivity index (χ2v) is 7.08. The zero-order valence-electron chi connectivity index (χ0n) is 17.5. The molecule has 2 rings (SSSR count). The van der Waals surface area contributed by atoms with Crippen LogP contribution in [0.3, 0.4) is 0 Å². The van der Waals surface area contributed by atoms with E-state index in [0.717, 1.165) is 11.8 Å². The molecule has 0 saturated carbocycles. The van der Waals surface area contributed by atoms with Gasteiger partial charge in [-0.25, -0.2) is 4.79 Å². The molecule has 6 nitrogen and oxygen atoms in total. The van der Waals surface area contributed by atoms with E-state index in [4.69, 9.17) is 9.47 Å². The number of hydrogen-bond donors (Lipinski definition) is 1. The van der Waals surface area contributed by atoms with Crippen molar-refractivity contribution in [1.29, 1.82) is 0 Å². The third-order valence-corrected chi connectivity index (χ3v) is 4.61. The molecular formula is C23H27NO5. The molecule has 0 aliphatic rings. The molecule has 29 heavy (non-hydrogen) atoms. The molecule has 154 valence electrons. The predicted molar refractivity (Wildman–Crippen MR) is 112 cm³/mol. The van der Waals surface area contributed by atoms with Crippen LogP contribution in [0.1, 0.15) is 57.4 Å². The lowest BCUT2D eigenvalue weighted by Gasteiger charge is -2.16. The first kappa shape index (κ1) is 22.1. The average molecular weight is 397 g/mol. The van der Waals surface area contributed by atoms with Crippen LogP contribution in [-0.2, 0) is 11.2 Å². The number of nitrogens with one attached hydrogen (secondary N) is 1. The lowest BCUT2D eigenvalue weighted by Crippen LogP contribution is -2.27. The van der Waals surface area contributed by atoms with Gasteiger partial charge in [-0.05, 0) is 53.3 Å². The lowest BCUT2D eigenvalue weighted by atomic mass is 9.92. The Hall–Kier alpha value is -3.15. The van der Waals surface area contributed by atoms with E-state index in [-0.39, 0.29) is 11.5 Å². The minimum Gasteiger partial charge on any atom is -0.496 e. The summed E-state index contributed by atoms with van der Waals surface area (Å²) in [5.41, 5.74) is 2.93. The lowest BCUT2D eigenvalue weighted by molar-refractivity contribution is 0.0601. The number of carbonyl (C=O) groups is 3. The van der Waals surface area contributed by atoms with Gasteiger partial charge in [-0.1, -0.05) is 26.8 Å². The fourth-order valence-electron chi connectivity index (χ4n) is 3.04. The van der Waals surface area contributed by atoms with E-state index in [2.05, 4.69) is 5.32 Å². The van der Waals surface area contributed by atoms with Gasteiger partial charge in [0, 0.05) is 17.7 Å². The zero-order chi connectivity index (χ0) is 21.6. The van der Waals surface area contributed by atoms with E-state index in [1.807, 2.05) is 20.8 Å². The van der Waals surface area contributed by atoms with Crippen molar-refractivity contribution in [3.63, 3.8) is 0 Å². The van der Waals surface area contributed by atoms with Gasteiger partial charge < -0.3 is 14.8 Å². The van der Waals surface area contributed by atoms with Crippen LogP contribution >= 0.6 is 0 Å². The number of methoxy groups -OCH3 is 2. The third-order valence-electron chi connectivity index (χ3n) is 4.61. The molecule has 0 aromatic heterocycles. The predicted octanol–water partition coefficient (Wildman–Crippen LogP) is 3.91. The van der Waals surface area contributed by atoms with Gasteiger partial charge in [-0.3, -0.25) is 9.59 Å². The fourth-order valence-corrected chi connectivity index (χ4v) is 3.04. The summed E-state index contributed by atoms with van der Waals surface area (Å²) in [7, 11) is 2.83. The SMILES string of the molecule is CCc1cc(C=O)c(-c2ccc(C(=O)NCC(C)C)cc2C(=O)OC)cc1OC. The van der Waals surface area contributed by atoms with Crippen molar-refractivity contribution in [1.82, 2.24) is 5.32 Å². The van der Waals surface area contributed by atoms with Crippen LogP contribution in [0.5, 0.6) is 5.75 Å². The maximum atomic E-state index is 12.5. The zero-order valence-corrected chi connectivity index (χ0v) is 17.5. The molecular weight excluding hydrogens is 370 g/mol. The summed E-state index contributed by atoms with van der Waals surface area (Å²) >= 11 is 0. The first-order valence-corrected chi connectivity index (χ1v) is 9.53. The number of hydrogen-bond acceptors (Lipinski definition) is 5. The summed E-state index contributed by atoms with van der Waals surface area (Å²) in [5.74, 6) is 0.0690. The molecule has 0 bridgehead atoms. The molecule has 0 spiro atoms. The van der Waals surface area contributed by atoms with Crippen molar-refractivity contribution >= 4 is 18.2 Å². The van der Waals surface area contributed by atoms with Crippen LogP contribution < -0.4 is 10.1 Å². The summed E-state index contributed by atoms with van der Waals surface area (Å²) < 4.78 is 10.4. The van der Waals surface area contributed by atoms with E-state index in [9.17, 15) is 14.4 Å². The third kappa shape index (κ3) is 5.02. The van der Waals surface area contributed by atoms with E-state index in [0.29, 0.717) is 46.9 Å². The highest BCUT2D eigenvalue weighted by molar-refractivity contribution is 6.04. The minimum atomic E-state index is -0.589. The van der Waals surface area contributed by atoms with Crippen LogP contribution in [0, 0.1) is 5.92 Å². The van der Waals surface area contributed by atoms with Gasteiger partial charge in [-0.2, -0.15) is 0 Å². The molecule has 6 heteroatoms. The number of benzene rings is 2. The van der Waals surface area contributed by atoms with Crippen molar-refractivity contribution in [2.24, 2.45) is 5.92 Å². The van der Waals surface area contributed by atoms with Crippen molar-refractivity contribution < 1.29 is 23.9 Å². The Morgan fingerprint density at radius 3 is 2.38 bits per heavy atom. The van der Waals surface area contributed by atoms with Crippen molar-refractivity contribution in [3.8, 4) is 16.9 Å². The molecule has 2 aromatic rings. The number of ether oxygens (including phenoxy) is 2. The highest BCUT2D eigenvalue weighted by atomic mass is 16.5. The Balaban J connectivity index is 2.62. The van der Waals surface area contributed by atoms with Gasteiger partial charge in [0.15, 0.2) is 6.29 Å². The average Bonchev–Trinajstić information content (AvgIpc) is 2.75. The standard InChI is InChI=1S/C23H27NO5/c1-6-15-9-17(13-25)19(11-21(15)28-4)18-8-7-16(10-20(18)23(27)29-5)22(26)24-12-14(2)3/h7-11,13-14H,6,12H2,1-5H3,(H,24,26). The first-order chi connectivity index (χ1) is 13.9. The minimum absolute atomic E-state index is 0.207. The largest absolute Gasteiger partial charge is 0.496 e. The van der Waals surface area contributed by atoms with E-state index in [1.54, 1.807) is 31.4 Å². The van der Waals surface area contributed by atoms with E-state index in [1.165, 1.54) is 13.2 Å². The highest BCUT2D eigenvalue weighted by Gasteiger charge is 2.20. The summed E-state index contributed by atoms with van der Waals surface area (Å²) in [6.07, 6.45) is 1.45. The van der Waals surface area contributed by atoms with Gasteiger partial charge >= 0.3 is 5.97 Å². The monoisotopic (exact) mass is 397 g/mol. The van der Waals surface area contributed by atoms with Crippen molar-refractivity contribution in [3.05, 3.63) is 52.6 Å². The molecule has 1 N–H and O–H groups in total. The van der Waals surface area contributed by atoms with Gasteiger partial charge in [-0.15, -0.1) is 0 Å². The van der Waals surface area contributed by atoms with Crippen LogP contribution in [0.4, 0.5) is 0 Å². The van der Waals surface area contributed by atoms with Crippen molar-refractivity contribution in [2.45, 2.75) is 27.2 Å². The first-order valence-electron chi connectivity index (χ1n) is 9.53. The van der Waals surface area contributed by atoms with Gasteiger partial charge in [0.2, 0.25) is 0 Å². The second kappa shape index (κ2) is 9.87. The van der Waals surface area contributed by atoms with Crippen molar-refractivity contribution in [2.75, 3.05) is 20.8 Å². The normalized spacial score (nSPS) is 10.6. The summed E-state index contributed by atoms with van der Waals surface area (Å²) in [6.45, 7) is 6.49. The highest BCUT2D eigenvalue weighted by Crippen LogP contribution is 2.33. The maximum Gasteiger partial charge on any atom is 0.338 e. The quantitative estimate of drug-likeness (QED) is 0.539. The molecule has 0 atom stereocenters. The maximum absolute atomic E-state index is 12.5. The number of aryl methyl sites for hydroxylation is 1. The van der Waals surface area contributed by atoms with Gasteiger partial charge in [0.25, 0.3) is 5.91 Å². The van der Waals surface area contributed by atoms with Crippen LogP contribution in [0.2, 0.25) is 0 Å². The molecule has 0 radical (unpaired) electrons. The number of amides is 1. The summed E-state index contributed by atoms with van der Waals surface area (Å²) in [4.78, 5) is 36.6. The smallest absolute Gasteiger partial charge is 0.338 e. The summed E-state index contributed by atoms with van der Waals surface area (Å²) in [6, 6.07) is 8.27. The molecule has 1 amide bonds. The number of carbonyl (C=O) groups excluding carboxylic acids is 3. The van der Waals surface area contributed by atoms with Crippen LogP contribution in [-0.4, -0.2) is 38.9 Å². The molecule has 0 fully saturated rings. The Morgan fingerprint density at radius 2 is 1.83 bits per heavy atom. The Bertz CT molecular complexity index is 918. The molecule has 0 aliphatic carbocycles. The van der Waals surface area contributed by atoms with Crippen LogP contribution in [0.25, 0.3) is 11.1 Å². The topological polar surface area (TPSA) is 81.7 Å². The Morgan fingerprint density at radius 1 is 1.10 bits per heavy atom. The van der Waals surface area contributed by atoms with Gasteiger partial charge in [0.1, 0.15) is 5.75 Å². The molecule has 0 heterocycles. The van der Waals surface area contributed by atoms with Gasteiger partial charge in [0.05, 0.1) is 19.8 Å². The molecule has 0 aliphatic heterocycles. The van der Waals surface area contributed by atoms with E-state index >= 15 is 0 Å². The Labute approximate surface area is 171 Å². The Kier molecular flexibility index (Phi) is 7.53. The number of esters is 1. The number of aldehydes is 1. The fraction of sp³-hybridized carbons (Fsp3) is 0.348. The molecule has 0 unspecified atom stereocenters. The van der Waals surface area contributed by atoms with E-state index < -0.39 is 5.97 Å². The second-order valence-electron chi connectivity index (χ2n) is 7.08. The number of rotatable bonds is 8. The summed E-state index contributed by atoms with van der Waals surface area (Å²) in [5, 5.41) is 2.83. The molecule has 2 aromatic carbocycles. The van der Waals surface area contributed by atoms with Crippen LogP contribution in [0.15, 0.2) is 30.3 Å².